The molecule has 0 aliphatic rings. The highest BCUT2D eigenvalue weighted by Gasteiger charge is 2.07. The van der Waals surface area contributed by atoms with E-state index in [0.29, 0.717) is 23.0 Å². The number of hydrogen-bond donors (Lipinski definition) is 2. The van der Waals surface area contributed by atoms with Gasteiger partial charge in [0, 0.05) is 22.8 Å². The van der Waals surface area contributed by atoms with Crippen LogP contribution in [-0.4, -0.2) is 17.3 Å². The quantitative estimate of drug-likeness (QED) is 0.415. The van der Waals surface area contributed by atoms with Gasteiger partial charge in [0.05, 0.1) is 0 Å². The van der Waals surface area contributed by atoms with Crippen molar-refractivity contribution in [2.75, 3.05) is 17.3 Å². The van der Waals surface area contributed by atoms with Crippen molar-refractivity contribution in [2.24, 2.45) is 0 Å². The molecule has 28 heavy (non-hydrogen) atoms. The zero-order valence-corrected chi connectivity index (χ0v) is 16.8. The summed E-state index contributed by atoms with van der Waals surface area (Å²) in [5.41, 5.74) is 7.50. The van der Waals surface area contributed by atoms with E-state index in [9.17, 15) is 4.79 Å². The highest BCUT2D eigenvalue weighted by atomic mass is 35.5. The minimum Gasteiger partial charge on any atom is -0.457 e. The minimum atomic E-state index is -0.583. The molecule has 3 aromatic rings. The summed E-state index contributed by atoms with van der Waals surface area (Å²) in [5, 5.41) is 2.59. The van der Waals surface area contributed by atoms with Crippen molar-refractivity contribution < 1.29 is 14.3 Å². The van der Waals surface area contributed by atoms with Crippen molar-refractivity contribution in [3.63, 3.8) is 0 Å². The van der Waals surface area contributed by atoms with E-state index in [4.69, 9.17) is 15.2 Å². The first-order valence-corrected chi connectivity index (χ1v) is 9.41. The molecule has 0 aliphatic heterocycles. The Balaban J connectivity index is 0.00000280. The van der Waals surface area contributed by atoms with E-state index in [2.05, 4.69) is 10.3 Å². The second-order valence-corrected chi connectivity index (χ2v) is 6.42. The molecule has 0 unspecified atom stereocenters. The molecule has 0 saturated carbocycles. The van der Waals surface area contributed by atoms with Gasteiger partial charge in [-0.25, -0.2) is 9.78 Å². The van der Waals surface area contributed by atoms with Crippen molar-refractivity contribution in [1.29, 1.82) is 0 Å². The van der Waals surface area contributed by atoms with Crippen molar-refractivity contribution in [3.05, 3.63) is 72.4 Å². The number of anilines is 2. The standard InChI is InChI=1S/C20H19N3O3S.ClH/c1-27-18-11-15(7-8-17(18)21)26-16-9-10-22-19(12-16)23-20(24)25-13-14-5-3-2-4-6-14;/h2-12H,13,21H2,1H3,(H,22,23,24);1H. The summed E-state index contributed by atoms with van der Waals surface area (Å²) in [6, 6.07) is 18.2. The van der Waals surface area contributed by atoms with Gasteiger partial charge in [0.15, 0.2) is 0 Å². The number of benzene rings is 2. The Bertz CT molecular complexity index is 926. The summed E-state index contributed by atoms with van der Waals surface area (Å²) in [6.45, 7) is 0.186. The Morgan fingerprint density at radius 2 is 1.86 bits per heavy atom. The van der Waals surface area contributed by atoms with Crippen LogP contribution in [0.5, 0.6) is 11.5 Å². The molecule has 146 valence electrons. The predicted molar refractivity (Wildman–Crippen MR) is 114 cm³/mol. The number of nitrogens with zero attached hydrogens (tertiary/aromatic N) is 1. The maximum atomic E-state index is 11.9. The molecule has 6 nitrogen and oxygen atoms in total. The fourth-order valence-electron chi connectivity index (χ4n) is 2.30. The summed E-state index contributed by atoms with van der Waals surface area (Å²) < 4.78 is 11.0. The van der Waals surface area contributed by atoms with Gasteiger partial charge in [-0.3, -0.25) is 5.32 Å². The molecule has 1 heterocycles. The number of nitrogen functional groups attached to an aromatic ring is 1. The highest BCUT2D eigenvalue weighted by molar-refractivity contribution is 7.98. The normalized spacial score (nSPS) is 9.89. The molecule has 2 aromatic carbocycles. The number of ether oxygens (including phenoxy) is 2. The van der Waals surface area contributed by atoms with Gasteiger partial charge in [0.2, 0.25) is 0 Å². The van der Waals surface area contributed by atoms with E-state index in [1.54, 1.807) is 42.2 Å². The van der Waals surface area contributed by atoms with E-state index in [1.165, 1.54) is 0 Å². The van der Waals surface area contributed by atoms with E-state index >= 15 is 0 Å². The lowest BCUT2D eigenvalue weighted by Crippen LogP contribution is -2.14. The number of carbonyl (C=O) groups excluding carboxylic acids is 1. The number of halogens is 1. The molecular formula is C20H20ClN3O3S. The third kappa shape index (κ3) is 6.07. The van der Waals surface area contributed by atoms with Gasteiger partial charge >= 0.3 is 6.09 Å². The van der Waals surface area contributed by atoms with Gasteiger partial charge in [-0.2, -0.15) is 0 Å². The Kier molecular flexibility index (Phi) is 7.98. The Morgan fingerprint density at radius 1 is 1.11 bits per heavy atom. The first-order chi connectivity index (χ1) is 13.1. The number of nitrogens with one attached hydrogen (secondary N) is 1. The Labute approximate surface area is 173 Å². The van der Waals surface area contributed by atoms with Crippen LogP contribution in [0.2, 0.25) is 0 Å². The maximum absolute atomic E-state index is 11.9. The molecule has 0 saturated heterocycles. The van der Waals surface area contributed by atoms with Crippen LogP contribution in [0.3, 0.4) is 0 Å². The van der Waals surface area contributed by atoms with Crippen molar-refractivity contribution in [2.45, 2.75) is 11.5 Å². The van der Waals surface area contributed by atoms with E-state index < -0.39 is 6.09 Å². The predicted octanol–water partition coefficient (Wildman–Crippen LogP) is 5.35. The summed E-state index contributed by atoms with van der Waals surface area (Å²) >= 11 is 1.54. The summed E-state index contributed by atoms with van der Waals surface area (Å²) in [7, 11) is 0. The zero-order valence-electron chi connectivity index (χ0n) is 15.1. The summed E-state index contributed by atoms with van der Waals surface area (Å²) in [4.78, 5) is 17.0. The van der Waals surface area contributed by atoms with Gasteiger partial charge in [0.25, 0.3) is 0 Å². The minimum absolute atomic E-state index is 0. The van der Waals surface area contributed by atoms with Gasteiger partial charge in [0.1, 0.15) is 23.9 Å². The number of thioether (sulfide) groups is 1. The van der Waals surface area contributed by atoms with Gasteiger partial charge in [-0.1, -0.05) is 30.3 Å². The lowest BCUT2D eigenvalue weighted by molar-refractivity contribution is 0.155. The van der Waals surface area contributed by atoms with Crippen LogP contribution in [-0.2, 0) is 11.3 Å². The largest absolute Gasteiger partial charge is 0.457 e. The van der Waals surface area contributed by atoms with Crippen molar-refractivity contribution >= 4 is 41.8 Å². The van der Waals surface area contributed by atoms with Crippen LogP contribution in [0.25, 0.3) is 0 Å². The topological polar surface area (TPSA) is 86.5 Å². The number of carbonyl (C=O) groups is 1. The van der Waals surface area contributed by atoms with Gasteiger partial charge < -0.3 is 15.2 Å². The number of pyridine rings is 1. The average molecular weight is 418 g/mol. The fraction of sp³-hybridized carbons (Fsp3) is 0.100. The molecule has 0 atom stereocenters. The van der Waals surface area contributed by atoms with Crippen LogP contribution < -0.4 is 15.8 Å². The molecule has 0 bridgehead atoms. The molecular weight excluding hydrogens is 398 g/mol. The first-order valence-electron chi connectivity index (χ1n) is 8.19. The zero-order chi connectivity index (χ0) is 19.1. The molecule has 0 spiro atoms. The fourth-order valence-corrected chi connectivity index (χ4v) is 2.84. The average Bonchev–Trinajstić information content (AvgIpc) is 2.69. The molecule has 3 rings (SSSR count). The summed E-state index contributed by atoms with van der Waals surface area (Å²) in [5.74, 6) is 1.53. The molecule has 1 amide bonds. The third-order valence-electron chi connectivity index (χ3n) is 3.61. The molecule has 1 aromatic heterocycles. The summed E-state index contributed by atoms with van der Waals surface area (Å²) in [6.07, 6.45) is 2.92. The molecule has 8 heteroatoms. The SMILES string of the molecule is CSc1cc(Oc2ccnc(NC(=O)OCc3ccccc3)c2)ccc1N.Cl. The van der Waals surface area contributed by atoms with Crippen LogP contribution >= 0.6 is 24.2 Å². The van der Waals surface area contributed by atoms with Gasteiger partial charge in [-0.05, 0) is 36.1 Å². The number of hydrogen-bond acceptors (Lipinski definition) is 6. The highest BCUT2D eigenvalue weighted by Crippen LogP contribution is 2.30. The van der Waals surface area contributed by atoms with E-state index in [-0.39, 0.29) is 19.0 Å². The Morgan fingerprint density at radius 3 is 2.61 bits per heavy atom. The number of aromatic nitrogens is 1. The molecule has 3 N–H and O–H groups in total. The molecule has 0 aliphatic carbocycles. The van der Waals surface area contributed by atoms with Crippen molar-refractivity contribution in [1.82, 2.24) is 4.98 Å². The first kappa shape index (κ1) is 21.4. The van der Waals surface area contributed by atoms with Crippen LogP contribution in [0, 0.1) is 0 Å². The number of rotatable bonds is 6. The molecule has 0 fully saturated rings. The second-order valence-electron chi connectivity index (χ2n) is 5.57. The monoisotopic (exact) mass is 417 g/mol. The lowest BCUT2D eigenvalue weighted by atomic mass is 10.2. The number of amides is 1. The smallest absolute Gasteiger partial charge is 0.413 e. The van der Waals surface area contributed by atoms with Gasteiger partial charge in [-0.15, -0.1) is 24.2 Å². The van der Waals surface area contributed by atoms with E-state index in [1.807, 2.05) is 42.7 Å². The van der Waals surface area contributed by atoms with Crippen LogP contribution in [0.4, 0.5) is 16.3 Å². The lowest BCUT2D eigenvalue weighted by Gasteiger charge is -2.10. The molecule has 0 radical (unpaired) electrons. The van der Waals surface area contributed by atoms with Crippen LogP contribution in [0.15, 0.2) is 71.8 Å². The number of nitrogens with two attached hydrogens (primary N) is 1. The maximum Gasteiger partial charge on any atom is 0.413 e. The second kappa shape index (κ2) is 10.4. The van der Waals surface area contributed by atoms with Crippen LogP contribution in [0.1, 0.15) is 5.56 Å². The van der Waals surface area contributed by atoms with E-state index in [0.717, 1.165) is 10.5 Å². The third-order valence-corrected chi connectivity index (χ3v) is 4.41. The van der Waals surface area contributed by atoms with Crippen molar-refractivity contribution in [3.8, 4) is 11.5 Å². The Hall–Kier alpha value is -2.90.